The van der Waals surface area contributed by atoms with E-state index in [1.165, 1.54) is 0 Å². The topological polar surface area (TPSA) is 46.3 Å². The molecule has 1 aromatic rings. The highest BCUT2D eigenvalue weighted by molar-refractivity contribution is 5.98. The highest BCUT2D eigenvalue weighted by atomic mass is 16.2. The van der Waals surface area contributed by atoms with E-state index in [1.54, 1.807) is 4.90 Å². The van der Waals surface area contributed by atoms with Gasteiger partial charge in [0.05, 0.1) is 6.04 Å². The predicted molar refractivity (Wildman–Crippen MR) is 76.6 cm³/mol. The number of anilines is 1. The van der Waals surface area contributed by atoms with Crippen molar-refractivity contribution in [3.05, 3.63) is 29.8 Å². The van der Waals surface area contributed by atoms with Crippen LogP contribution in [0.15, 0.2) is 24.3 Å². The van der Waals surface area contributed by atoms with Gasteiger partial charge >= 0.3 is 0 Å². The Kier molecular flexibility index (Phi) is 4.52. The highest BCUT2D eigenvalue weighted by Gasteiger charge is 2.31. The molecule has 1 unspecified atom stereocenters. The molecule has 0 spiro atoms. The molecule has 3 heteroatoms. The second-order valence-corrected chi connectivity index (χ2v) is 5.71. The van der Waals surface area contributed by atoms with Gasteiger partial charge in [-0.2, -0.15) is 0 Å². The lowest BCUT2D eigenvalue weighted by molar-refractivity contribution is -0.121. The SMILES string of the molecule is CCN(C(=O)C(N)C(C)(C)C)c1ccccc1C. The lowest BCUT2D eigenvalue weighted by atomic mass is 9.86. The van der Waals surface area contributed by atoms with E-state index in [-0.39, 0.29) is 11.3 Å². The Morgan fingerprint density at radius 2 is 1.89 bits per heavy atom. The Labute approximate surface area is 110 Å². The minimum Gasteiger partial charge on any atom is -0.319 e. The maximum Gasteiger partial charge on any atom is 0.244 e. The average molecular weight is 248 g/mol. The quantitative estimate of drug-likeness (QED) is 0.894. The summed E-state index contributed by atoms with van der Waals surface area (Å²) < 4.78 is 0. The Balaban J connectivity index is 3.05. The van der Waals surface area contributed by atoms with E-state index in [9.17, 15) is 4.79 Å². The van der Waals surface area contributed by atoms with Gasteiger partial charge in [0.15, 0.2) is 0 Å². The molecular weight excluding hydrogens is 224 g/mol. The number of likely N-dealkylation sites (N-methyl/N-ethyl adjacent to an activating group) is 1. The zero-order valence-corrected chi connectivity index (χ0v) is 12.0. The fourth-order valence-corrected chi connectivity index (χ4v) is 1.85. The smallest absolute Gasteiger partial charge is 0.244 e. The molecule has 0 fully saturated rings. The normalized spacial score (nSPS) is 13.2. The number of nitrogens with two attached hydrogens (primary N) is 1. The monoisotopic (exact) mass is 248 g/mol. The van der Waals surface area contributed by atoms with Crippen molar-refractivity contribution in [2.75, 3.05) is 11.4 Å². The molecule has 0 saturated carbocycles. The van der Waals surface area contributed by atoms with Crippen LogP contribution < -0.4 is 10.6 Å². The van der Waals surface area contributed by atoms with Crippen LogP contribution in [-0.2, 0) is 4.79 Å². The zero-order valence-electron chi connectivity index (χ0n) is 12.0. The molecule has 3 nitrogen and oxygen atoms in total. The van der Waals surface area contributed by atoms with E-state index in [0.717, 1.165) is 11.3 Å². The van der Waals surface area contributed by atoms with Crippen molar-refractivity contribution in [2.45, 2.75) is 40.7 Å². The summed E-state index contributed by atoms with van der Waals surface area (Å²) in [6.45, 7) is 10.6. The number of amides is 1. The molecule has 0 heterocycles. The molecule has 0 radical (unpaired) electrons. The van der Waals surface area contributed by atoms with Gasteiger partial charge in [-0.05, 0) is 30.9 Å². The van der Waals surface area contributed by atoms with Gasteiger partial charge in [0.2, 0.25) is 5.91 Å². The van der Waals surface area contributed by atoms with Crippen LogP contribution in [0, 0.1) is 12.3 Å². The van der Waals surface area contributed by atoms with Crippen molar-refractivity contribution < 1.29 is 4.79 Å². The number of carbonyl (C=O) groups is 1. The summed E-state index contributed by atoms with van der Waals surface area (Å²) in [5, 5.41) is 0. The Morgan fingerprint density at radius 3 is 2.33 bits per heavy atom. The molecule has 0 aromatic heterocycles. The van der Waals surface area contributed by atoms with Crippen molar-refractivity contribution in [3.63, 3.8) is 0 Å². The summed E-state index contributed by atoms with van der Waals surface area (Å²) in [5.41, 5.74) is 7.88. The molecule has 100 valence electrons. The van der Waals surface area contributed by atoms with Gasteiger partial charge in [0.25, 0.3) is 0 Å². The zero-order chi connectivity index (χ0) is 13.9. The molecule has 0 aliphatic heterocycles. The summed E-state index contributed by atoms with van der Waals surface area (Å²) in [7, 11) is 0. The van der Waals surface area contributed by atoms with Crippen molar-refractivity contribution in [1.82, 2.24) is 0 Å². The van der Waals surface area contributed by atoms with Crippen molar-refractivity contribution in [2.24, 2.45) is 11.1 Å². The Hall–Kier alpha value is -1.35. The van der Waals surface area contributed by atoms with Crippen molar-refractivity contribution in [1.29, 1.82) is 0 Å². The fourth-order valence-electron chi connectivity index (χ4n) is 1.85. The molecule has 1 amide bonds. The van der Waals surface area contributed by atoms with E-state index >= 15 is 0 Å². The van der Waals surface area contributed by atoms with Gasteiger partial charge in [0.1, 0.15) is 0 Å². The molecule has 1 aromatic carbocycles. The largest absolute Gasteiger partial charge is 0.319 e. The van der Waals surface area contributed by atoms with Crippen molar-refractivity contribution in [3.8, 4) is 0 Å². The van der Waals surface area contributed by atoms with Gasteiger partial charge in [-0.1, -0.05) is 39.0 Å². The van der Waals surface area contributed by atoms with E-state index in [4.69, 9.17) is 5.73 Å². The fraction of sp³-hybridized carbons (Fsp3) is 0.533. The lowest BCUT2D eigenvalue weighted by Gasteiger charge is -2.32. The standard InChI is InChI=1S/C15H24N2O/c1-6-17(12-10-8-7-9-11(12)2)14(18)13(16)15(3,4)5/h7-10,13H,6,16H2,1-5H3. The number of carbonyl (C=O) groups excluding carboxylic acids is 1. The van der Waals surface area contributed by atoms with E-state index in [0.29, 0.717) is 6.54 Å². The third-order valence-electron chi connectivity index (χ3n) is 3.19. The summed E-state index contributed by atoms with van der Waals surface area (Å²) >= 11 is 0. The van der Waals surface area contributed by atoms with Crippen LogP contribution in [0.2, 0.25) is 0 Å². The average Bonchev–Trinajstić information content (AvgIpc) is 2.30. The van der Waals surface area contributed by atoms with E-state index in [1.807, 2.05) is 58.9 Å². The van der Waals surface area contributed by atoms with Crippen LogP contribution in [-0.4, -0.2) is 18.5 Å². The van der Waals surface area contributed by atoms with Crippen LogP contribution in [0.1, 0.15) is 33.3 Å². The number of para-hydroxylation sites is 1. The minimum atomic E-state index is -0.489. The first-order chi connectivity index (χ1) is 8.29. The van der Waals surface area contributed by atoms with Crippen LogP contribution in [0.4, 0.5) is 5.69 Å². The maximum absolute atomic E-state index is 12.5. The molecule has 18 heavy (non-hydrogen) atoms. The predicted octanol–water partition coefficient (Wildman–Crippen LogP) is 2.72. The lowest BCUT2D eigenvalue weighted by Crippen LogP contribution is -2.50. The van der Waals surface area contributed by atoms with Gasteiger partial charge in [-0.25, -0.2) is 0 Å². The maximum atomic E-state index is 12.5. The summed E-state index contributed by atoms with van der Waals surface area (Å²) in [4.78, 5) is 14.2. The van der Waals surface area contributed by atoms with E-state index < -0.39 is 6.04 Å². The van der Waals surface area contributed by atoms with Crippen LogP contribution in [0.5, 0.6) is 0 Å². The van der Waals surface area contributed by atoms with Crippen LogP contribution >= 0.6 is 0 Å². The molecule has 2 N–H and O–H groups in total. The van der Waals surface area contributed by atoms with Gasteiger partial charge in [-0.3, -0.25) is 4.79 Å². The number of benzene rings is 1. The van der Waals surface area contributed by atoms with Gasteiger partial charge < -0.3 is 10.6 Å². The van der Waals surface area contributed by atoms with Crippen molar-refractivity contribution >= 4 is 11.6 Å². The number of nitrogens with zero attached hydrogens (tertiary/aromatic N) is 1. The minimum absolute atomic E-state index is 0.0145. The summed E-state index contributed by atoms with van der Waals surface area (Å²) in [5.74, 6) is -0.0145. The molecule has 1 rings (SSSR count). The first-order valence-electron chi connectivity index (χ1n) is 6.41. The first-order valence-corrected chi connectivity index (χ1v) is 6.41. The van der Waals surface area contributed by atoms with Gasteiger partial charge in [-0.15, -0.1) is 0 Å². The highest BCUT2D eigenvalue weighted by Crippen LogP contribution is 2.24. The van der Waals surface area contributed by atoms with Crippen LogP contribution in [0.25, 0.3) is 0 Å². The summed E-state index contributed by atoms with van der Waals surface area (Å²) in [6, 6.07) is 7.40. The third kappa shape index (κ3) is 3.10. The molecule has 0 saturated heterocycles. The molecule has 1 atom stereocenters. The Bertz CT molecular complexity index is 421. The summed E-state index contributed by atoms with van der Waals surface area (Å²) in [6.07, 6.45) is 0. The molecule has 0 aliphatic rings. The first kappa shape index (κ1) is 14.7. The molecular formula is C15H24N2O. The van der Waals surface area contributed by atoms with Crippen LogP contribution in [0.3, 0.4) is 0 Å². The molecule has 0 aliphatic carbocycles. The number of aryl methyl sites for hydroxylation is 1. The second kappa shape index (κ2) is 5.53. The number of rotatable bonds is 3. The Morgan fingerprint density at radius 1 is 1.33 bits per heavy atom. The van der Waals surface area contributed by atoms with E-state index in [2.05, 4.69) is 0 Å². The third-order valence-corrected chi connectivity index (χ3v) is 3.19. The van der Waals surface area contributed by atoms with Gasteiger partial charge in [0, 0.05) is 12.2 Å². The molecule has 0 bridgehead atoms. The number of hydrogen-bond donors (Lipinski definition) is 1. The number of hydrogen-bond acceptors (Lipinski definition) is 2. The second-order valence-electron chi connectivity index (χ2n) is 5.71.